The lowest BCUT2D eigenvalue weighted by molar-refractivity contribution is -0.137. The summed E-state index contributed by atoms with van der Waals surface area (Å²) in [6, 6.07) is 4.66. The summed E-state index contributed by atoms with van der Waals surface area (Å²) in [6.45, 7) is 4.01. The number of nitrogens with zero attached hydrogens (tertiary/aromatic N) is 1. The average Bonchev–Trinajstić information content (AvgIpc) is 2.92. The number of rotatable bonds is 4. The molecule has 0 bridgehead atoms. The van der Waals surface area contributed by atoms with Crippen LogP contribution in [0.3, 0.4) is 0 Å². The fourth-order valence-corrected chi connectivity index (χ4v) is 2.53. The molecule has 6 heteroatoms. The Morgan fingerprint density at radius 1 is 1.24 bits per heavy atom. The van der Waals surface area contributed by atoms with Crippen LogP contribution in [-0.4, -0.2) is 29.9 Å². The summed E-state index contributed by atoms with van der Waals surface area (Å²) in [5, 5.41) is 2.64. The number of carbonyl (C=O) groups is 1. The van der Waals surface area contributed by atoms with Crippen molar-refractivity contribution in [2.45, 2.75) is 38.4 Å². The van der Waals surface area contributed by atoms with E-state index in [-0.39, 0.29) is 11.9 Å². The zero-order valence-corrected chi connectivity index (χ0v) is 11.9. The molecule has 1 N–H and O–H groups in total. The van der Waals surface area contributed by atoms with Gasteiger partial charge in [-0.15, -0.1) is 0 Å². The number of alkyl halides is 3. The second kappa shape index (κ2) is 6.47. The van der Waals surface area contributed by atoms with E-state index in [2.05, 4.69) is 10.2 Å². The fraction of sp³-hybridized carbons (Fsp3) is 0.533. The SMILES string of the molecule is C[C@@H](CC(=O)Nc1ccc(C(F)(F)F)cc1)N1CCCC1. The van der Waals surface area contributed by atoms with Crippen molar-refractivity contribution in [3.8, 4) is 0 Å². The lowest BCUT2D eigenvalue weighted by atomic mass is 10.1. The Bertz CT molecular complexity index is 479. The first-order chi connectivity index (χ1) is 9.86. The molecule has 1 aromatic carbocycles. The summed E-state index contributed by atoms with van der Waals surface area (Å²) in [6.07, 6.45) is -1.69. The van der Waals surface area contributed by atoms with Gasteiger partial charge in [-0.2, -0.15) is 13.2 Å². The smallest absolute Gasteiger partial charge is 0.326 e. The normalized spacial score (nSPS) is 17.7. The quantitative estimate of drug-likeness (QED) is 0.922. The Kier molecular flexibility index (Phi) is 4.88. The van der Waals surface area contributed by atoms with Gasteiger partial charge in [0.05, 0.1) is 5.56 Å². The van der Waals surface area contributed by atoms with E-state index in [1.54, 1.807) is 0 Å². The molecule has 2 rings (SSSR count). The fourth-order valence-electron chi connectivity index (χ4n) is 2.53. The molecule has 1 amide bonds. The monoisotopic (exact) mass is 300 g/mol. The van der Waals surface area contributed by atoms with Gasteiger partial charge in [0.2, 0.25) is 5.91 Å². The number of nitrogens with one attached hydrogen (secondary N) is 1. The standard InChI is InChI=1S/C15H19F3N2O/c1-11(20-8-2-3-9-20)10-14(21)19-13-6-4-12(5-7-13)15(16,17)18/h4-7,11H,2-3,8-10H2,1H3,(H,19,21)/t11-/m0/s1. The molecular weight excluding hydrogens is 281 g/mol. The minimum Gasteiger partial charge on any atom is -0.326 e. The Labute approximate surface area is 122 Å². The number of hydrogen-bond donors (Lipinski definition) is 1. The molecule has 1 aromatic rings. The van der Waals surface area contributed by atoms with Gasteiger partial charge in [0.25, 0.3) is 0 Å². The molecule has 0 radical (unpaired) electrons. The third kappa shape index (κ3) is 4.46. The molecule has 1 heterocycles. The molecule has 116 valence electrons. The molecule has 1 aliphatic heterocycles. The summed E-state index contributed by atoms with van der Waals surface area (Å²) in [7, 11) is 0. The van der Waals surface area contributed by atoms with E-state index in [4.69, 9.17) is 0 Å². The highest BCUT2D eigenvalue weighted by atomic mass is 19.4. The number of likely N-dealkylation sites (tertiary alicyclic amines) is 1. The summed E-state index contributed by atoms with van der Waals surface area (Å²) < 4.78 is 37.3. The van der Waals surface area contributed by atoms with E-state index in [9.17, 15) is 18.0 Å². The maximum atomic E-state index is 12.4. The Balaban J connectivity index is 1.87. The number of anilines is 1. The van der Waals surface area contributed by atoms with Gasteiger partial charge in [-0.1, -0.05) is 0 Å². The number of amides is 1. The summed E-state index contributed by atoms with van der Waals surface area (Å²) in [4.78, 5) is 14.2. The second-order valence-corrected chi connectivity index (χ2v) is 5.42. The number of carbonyl (C=O) groups excluding carboxylic acids is 1. The van der Waals surface area contributed by atoms with Gasteiger partial charge in [0, 0.05) is 18.2 Å². The van der Waals surface area contributed by atoms with Gasteiger partial charge in [-0.3, -0.25) is 4.79 Å². The van der Waals surface area contributed by atoms with Gasteiger partial charge in [-0.05, 0) is 57.1 Å². The van der Waals surface area contributed by atoms with Crippen molar-refractivity contribution in [1.29, 1.82) is 0 Å². The molecule has 21 heavy (non-hydrogen) atoms. The minimum atomic E-state index is -4.35. The zero-order chi connectivity index (χ0) is 15.5. The lowest BCUT2D eigenvalue weighted by Crippen LogP contribution is -2.33. The van der Waals surface area contributed by atoms with Crippen molar-refractivity contribution >= 4 is 11.6 Å². The molecule has 3 nitrogen and oxygen atoms in total. The van der Waals surface area contributed by atoms with E-state index in [0.717, 1.165) is 38.1 Å². The van der Waals surface area contributed by atoms with Gasteiger partial charge in [0.1, 0.15) is 0 Å². The van der Waals surface area contributed by atoms with Crippen LogP contribution in [0.15, 0.2) is 24.3 Å². The predicted molar refractivity (Wildman–Crippen MR) is 75.0 cm³/mol. The van der Waals surface area contributed by atoms with Crippen LogP contribution in [0.4, 0.5) is 18.9 Å². The first-order valence-corrected chi connectivity index (χ1v) is 7.07. The molecular formula is C15H19F3N2O. The molecule has 0 saturated carbocycles. The highest BCUT2D eigenvalue weighted by Gasteiger charge is 2.30. The third-order valence-corrected chi connectivity index (χ3v) is 3.74. The first-order valence-electron chi connectivity index (χ1n) is 7.07. The maximum absolute atomic E-state index is 12.4. The highest BCUT2D eigenvalue weighted by molar-refractivity contribution is 5.91. The van der Waals surface area contributed by atoms with Gasteiger partial charge in [0.15, 0.2) is 0 Å². The van der Waals surface area contributed by atoms with Crippen LogP contribution in [0.2, 0.25) is 0 Å². The van der Waals surface area contributed by atoms with E-state index in [1.165, 1.54) is 12.1 Å². The Hall–Kier alpha value is -1.56. The van der Waals surface area contributed by atoms with Crippen LogP contribution in [0, 0.1) is 0 Å². The first kappa shape index (κ1) is 15.8. The van der Waals surface area contributed by atoms with Crippen molar-refractivity contribution in [3.05, 3.63) is 29.8 Å². The van der Waals surface area contributed by atoms with Gasteiger partial charge < -0.3 is 10.2 Å². The molecule has 0 unspecified atom stereocenters. The third-order valence-electron chi connectivity index (χ3n) is 3.74. The van der Waals surface area contributed by atoms with Crippen molar-refractivity contribution < 1.29 is 18.0 Å². The zero-order valence-electron chi connectivity index (χ0n) is 11.9. The van der Waals surface area contributed by atoms with Crippen molar-refractivity contribution in [3.63, 3.8) is 0 Å². The van der Waals surface area contributed by atoms with E-state index in [1.807, 2.05) is 6.92 Å². The second-order valence-electron chi connectivity index (χ2n) is 5.42. The van der Waals surface area contributed by atoms with Crippen molar-refractivity contribution in [1.82, 2.24) is 4.90 Å². The van der Waals surface area contributed by atoms with E-state index < -0.39 is 11.7 Å². The van der Waals surface area contributed by atoms with E-state index >= 15 is 0 Å². The van der Waals surface area contributed by atoms with E-state index in [0.29, 0.717) is 12.1 Å². The maximum Gasteiger partial charge on any atom is 0.416 e. The van der Waals surface area contributed by atoms with Crippen LogP contribution < -0.4 is 5.32 Å². The molecule has 1 saturated heterocycles. The van der Waals surface area contributed by atoms with Crippen LogP contribution in [0.25, 0.3) is 0 Å². The lowest BCUT2D eigenvalue weighted by Gasteiger charge is -2.23. The molecule has 0 aromatic heterocycles. The largest absolute Gasteiger partial charge is 0.416 e. The molecule has 1 fully saturated rings. The Morgan fingerprint density at radius 2 is 1.81 bits per heavy atom. The van der Waals surface area contributed by atoms with Crippen LogP contribution >= 0.6 is 0 Å². The van der Waals surface area contributed by atoms with Crippen molar-refractivity contribution in [2.24, 2.45) is 0 Å². The van der Waals surface area contributed by atoms with Gasteiger partial charge >= 0.3 is 6.18 Å². The Morgan fingerprint density at radius 3 is 2.33 bits per heavy atom. The average molecular weight is 300 g/mol. The summed E-state index contributed by atoms with van der Waals surface area (Å²) in [5.74, 6) is -0.172. The molecule has 1 aliphatic rings. The molecule has 0 aliphatic carbocycles. The van der Waals surface area contributed by atoms with Gasteiger partial charge in [-0.25, -0.2) is 0 Å². The van der Waals surface area contributed by atoms with Crippen LogP contribution in [0.5, 0.6) is 0 Å². The summed E-state index contributed by atoms with van der Waals surface area (Å²) in [5.41, 5.74) is -0.326. The highest BCUT2D eigenvalue weighted by Crippen LogP contribution is 2.29. The van der Waals surface area contributed by atoms with Crippen LogP contribution in [-0.2, 0) is 11.0 Å². The van der Waals surface area contributed by atoms with Crippen LogP contribution in [0.1, 0.15) is 31.7 Å². The topological polar surface area (TPSA) is 32.3 Å². The number of benzene rings is 1. The van der Waals surface area contributed by atoms with Crippen molar-refractivity contribution in [2.75, 3.05) is 18.4 Å². The number of halogens is 3. The molecule has 0 spiro atoms. The predicted octanol–water partition coefficient (Wildman–Crippen LogP) is 3.52. The minimum absolute atomic E-state index is 0.155. The number of hydrogen-bond acceptors (Lipinski definition) is 2. The summed E-state index contributed by atoms with van der Waals surface area (Å²) >= 11 is 0. The molecule has 1 atom stereocenters.